The molecule has 1 N–H and O–H groups in total. The summed E-state index contributed by atoms with van der Waals surface area (Å²) >= 11 is 6.04. The van der Waals surface area contributed by atoms with E-state index in [4.69, 9.17) is 16.0 Å². The molecule has 0 amide bonds. The lowest BCUT2D eigenvalue weighted by atomic mass is 10.1. The first-order valence-electron chi connectivity index (χ1n) is 4.66. The number of aliphatic hydroxyl groups is 1. The predicted molar refractivity (Wildman–Crippen MR) is 59.0 cm³/mol. The van der Waals surface area contributed by atoms with Gasteiger partial charge in [-0.05, 0) is 30.7 Å². The lowest BCUT2D eigenvalue weighted by Crippen LogP contribution is -1.98. The summed E-state index contributed by atoms with van der Waals surface area (Å²) in [6.45, 7) is 1.95. The van der Waals surface area contributed by atoms with Gasteiger partial charge in [0.05, 0.1) is 6.26 Å². The van der Waals surface area contributed by atoms with Crippen molar-refractivity contribution >= 4 is 11.6 Å². The molecule has 0 aliphatic rings. The second kappa shape index (κ2) is 4.09. The van der Waals surface area contributed by atoms with E-state index in [2.05, 4.69) is 0 Å². The highest BCUT2D eigenvalue weighted by molar-refractivity contribution is 6.31. The van der Waals surface area contributed by atoms with E-state index >= 15 is 0 Å². The Kier molecular flexibility index (Phi) is 2.80. The maximum Gasteiger partial charge on any atom is 0.138 e. The normalized spacial score (nSPS) is 12.7. The van der Waals surface area contributed by atoms with Gasteiger partial charge in [0.15, 0.2) is 0 Å². The highest BCUT2D eigenvalue weighted by Gasteiger charge is 2.15. The van der Waals surface area contributed by atoms with Crippen molar-refractivity contribution < 1.29 is 9.52 Å². The van der Waals surface area contributed by atoms with Gasteiger partial charge in [-0.3, -0.25) is 0 Å². The minimum atomic E-state index is -0.798. The molecule has 2 aromatic rings. The summed E-state index contributed by atoms with van der Waals surface area (Å²) in [5.74, 6) is 0.501. The van der Waals surface area contributed by atoms with Gasteiger partial charge in [-0.2, -0.15) is 0 Å². The third kappa shape index (κ3) is 2.06. The molecule has 0 saturated heterocycles. The van der Waals surface area contributed by atoms with Crippen LogP contribution in [0.25, 0.3) is 0 Å². The molecule has 1 atom stereocenters. The lowest BCUT2D eigenvalue weighted by Gasteiger charge is -2.10. The van der Waals surface area contributed by atoms with Crippen molar-refractivity contribution in [3.63, 3.8) is 0 Å². The van der Waals surface area contributed by atoms with Crippen LogP contribution in [0, 0.1) is 6.92 Å². The maximum atomic E-state index is 9.97. The van der Waals surface area contributed by atoms with Crippen molar-refractivity contribution in [2.75, 3.05) is 0 Å². The molecule has 78 valence electrons. The number of hydrogen-bond donors (Lipinski definition) is 1. The smallest absolute Gasteiger partial charge is 0.138 e. The first-order chi connectivity index (χ1) is 7.18. The van der Waals surface area contributed by atoms with Gasteiger partial charge >= 0.3 is 0 Å². The molecular formula is C12H11ClO2. The summed E-state index contributed by atoms with van der Waals surface area (Å²) in [5.41, 5.74) is 1.73. The molecule has 0 spiro atoms. The standard InChI is InChI=1S/C12H11ClO2/c1-8-4-5-9(10(13)7-8)12(14)11-3-2-6-15-11/h2-7,12,14H,1H3. The van der Waals surface area contributed by atoms with E-state index in [0.717, 1.165) is 5.56 Å². The van der Waals surface area contributed by atoms with Gasteiger partial charge < -0.3 is 9.52 Å². The molecule has 1 aromatic carbocycles. The van der Waals surface area contributed by atoms with E-state index in [1.165, 1.54) is 6.26 Å². The molecule has 1 aromatic heterocycles. The van der Waals surface area contributed by atoms with Crippen LogP contribution >= 0.6 is 11.6 Å². The van der Waals surface area contributed by atoms with Crippen molar-refractivity contribution in [3.05, 3.63) is 58.5 Å². The number of benzene rings is 1. The third-order valence-corrected chi connectivity index (χ3v) is 2.59. The summed E-state index contributed by atoms with van der Waals surface area (Å²) in [6, 6.07) is 9.00. The Bertz CT molecular complexity index is 449. The van der Waals surface area contributed by atoms with E-state index in [-0.39, 0.29) is 0 Å². The zero-order valence-corrected chi connectivity index (χ0v) is 9.03. The SMILES string of the molecule is Cc1ccc(C(O)c2ccco2)c(Cl)c1. The summed E-state index contributed by atoms with van der Waals surface area (Å²) in [4.78, 5) is 0. The van der Waals surface area contributed by atoms with Crippen LogP contribution in [0.5, 0.6) is 0 Å². The van der Waals surface area contributed by atoms with Gasteiger partial charge in [-0.25, -0.2) is 0 Å². The molecule has 0 aliphatic heterocycles. The second-order valence-corrected chi connectivity index (χ2v) is 3.85. The first kappa shape index (κ1) is 10.3. The van der Waals surface area contributed by atoms with Gasteiger partial charge in [-0.15, -0.1) is 0 Å². The third-order valence-electron chi connectivity index (χ3n) is 2.26. The topological polar surface area (TPSA) is 33.4 Å². The Morgan fingerprint density at radius 1 is 1.33 bits per heavy atom. The second-order valence-electron chi connectivity index (χ2n) is 3.44. The summed E-state index contributed by atoms with van der Waals surface area (Å²) in [6.07, 6.45) is 0.730. The van der Waals surface area contributed by atoms with Crippen molar-refractivity contribution in [1.29, 1.82) is 0 Å². The van der Waals surface area contributed by atoms with Crippen molar-refractivity contribution in [2.24, 2.45) is 0 Å². The van der Waals surface area contributed by atoms with Crippen LogP contribution in [0.2, 0.25) is 5.02 Å². The van der Waals surface area contributed by atoms with Crippen molar-refractivity contribution in [2.45, 2.75) is 13.0 Å². The number of hydrogen-bond acceptors (Lipinski definition) is 2. The summed E-state index contributed by atoms with van der Waals surface area (Å²) < 4.78 is 5.13. The largest absolute Gasteiger partial charge is 0.466 e. The molecule has 1 unspecified atom stereocenters. The molecule has 2 rings (SSSR count). The highest BCUT2D eigenvalue weighted by atomic mass is 35.5. The fourth-order valence-electron chi connectivity index (χ4n) is 1.45. The fraction of sp³-hybridized carbons (Fsp3) is 0.167. The Hall–Kier alpha value is -1.25. The molecule has 0 aliphatic carbocycles. The number of rotatable bonds is 2. The van der Waals surface area contributed by atoms with E-state index in [1.807, 2.05) is 25.1 Å². The van der Waals surface area contributed by atoms with E-state index in [9.17, 15) is 5.11 Å². The molecule has 0 bridgehead atoms. The van der Waals surface area contributed by atoms with Gasteiger partial charge in [-0.1, -0.05) is 23.7 Å². The van der Waals surface area contributed by atoms with E-state index < -0.39 is 6.10 Å². The van der Waals surface area contributed by atoms with Crippen LogP contribution in [-0.4, -0.2) is 5.11 Å². The minimum absolute atomic E-state index is 0.501. The van der Waals surface area contributed by atoms with Gasteiger partial charge in [0, 0.05) is 10.6 Å². The minimum Gasteiger partial charge on any atom is -0.466 e. The number of furan rings is 1. The molecule has 15 heavy (non-hydrogen) atoms. The van der Waals surface area contributed by atoms with Crippen molar-refractivity contribution in [1.82, 2.24) is 0 Å². The molecule has 1 heterocycles. The zero-order valence-electron chi connectivity index (χ0n) is 8.27. The molecule has 0 fully saturated rings. The highest BCUT2D eigenvalue weighted by Crippen LogP contribution is 2.28. The van der Waals surface area contributed by atoms with Gasteiger partial charge in [0.25, 0.3) is 0 Å². The number of aliphatic hydroxyl groups excluding tert-OH is 1. The average molecular weight is 223 g/mol. The van der Waals surface area contributed by atoms with Crippen LogP contribution in [0.15, 0.2) is 41.0 Å². The molecule has 0 saturated carbocycles. The van der Waals surface area contributed by atoms with E-state index in [1.54, 1.807) is 12.1 Å². The van der Waals surface area contributed by atoms with Gasteiger partial charge in [0.2, 0.25) is 0 Å². The van der Waals surface area contributed by atoms with E-state index in [0.29, 0.717) is 16.3 Å². The molecule has 3 heteroatoms. The van der Waals surface area contributed by atoms with Crippen LogP contribution in [0.3, 0.4) is 0 Å². The quantitative estimate of drug-likeness (QED) is 0.846. The maximum absolute atomic E-state index is 9.97. The average Bonchev–Trinajstić information content (AvgIpc) is 2.69. The summed E-state index contributed by atoms with van der Waals surface area (Å²) in [5, 5.41) is 10.5. The molecule has 0 radical (unpaired) electrons. The monoisotopic (exact) mass is 222 g/mol. The first-order valence-corrected chi connectivity index (χ1v) is 5.04. The molecular weight excluding hydrogens is 212 g/mol. The van der Waals surface area contributed by atoms with Crippen LogP contribution in [-0.2, 0) is 0 Å². The summed E-state index contributed by atoms with van der Waals surface area (Å²) in [7, 11) is 0. The molecule has 2 nitrogen and oxygen atoms in total. The van der Waals surface area contributed by atoms with Gasteiger partial charge in [0.1, 0.15) is 11.9 Å². The lowest BCUT2D eigenvalue weighted by molar-refractivity contribution is 0.189. The van der Waals surface area contributed by atoms with Crippen LogP contribution < -0.4 is 0 Å². The Morgan fingerprint density at radius 2 is 2.13 bits per heavy atom. The van der Waals surface area contributed by atoms with Crippen LogP contribution in [0.4, 0.5) is 0 Å². The Balaban J connectivity index is 2.38. The number of halogens is 1. The van der Waals surface area contributed by atoms with Crippen molar-refractivity contribution in [3.8, 4) is 0 Å². The zero-order chi connectivity index (χ0) is 10.8. The fourth-order valence-corrected chi connectivity index (χ4v) is 1.79. The number of aryl methyl sites for hydroxylation is 1. The Morgan fingerprint density at radius 3 is 2.73 bits per heavy atom. The Labute approximate surface area is 93.1 Å². The predicted octanol–water partition coefficient (Wildman–Crippen LogP) is 3.32. The van der Waals surface area contributed by atoms with Crippen LogP contribution in [0.1, 0.15) is 23.0 Å².